The first-order chi connectivity index (χ1) is 11.5. The van der Waals surface area contributed by atoms with Crippen molar-refractivity contribution < 1.29 is 14.3 Å². The number of nitrogens with two attached hydrogens (primary N) is 1. The molecule has 2 rings (SSSR count). The standard InChI is InChI=1S/C18H27N3O3/c1-3-15(13-7-9-14(10-8-13)24-4-2)20-17(23)21-18(16(19)22)11-5-6-12-18/h7-10,15H,3-6,11-12H2,1-2H3,(H2,19,22)(H2,20,21,23)/t15-/m1/s1. The number of hydrogen-bond donors (Lipinski definition) is 3. The van der Waals surface area contributed by atoms with Crippen LogP contribution in [0.2, 0.25) is 0 Å². The van der Waals surface area contributed by atoms with Crippen LogP contribution in [0.3, 0.4) is 0 Å². The molecule has 4 N–H and O–H groups in total. The summed E-state index contributed by atoms with van der Waals surface area (Å²) in [6.07, 6.45) is 3.76. The van der Waals surface area contributed by atoms with Gasteiger partial charge < -0.3 is 21.1 Å². The van der Waals surface area contributed by atoms with Gasteiger partial charge in [-0.05, 0) is 43.9 Å². The molecule has 0 aromatic heterocycles. The molecular weight excluding hydrogens is 306 g/mol. The van der Waals surface area contributed by atoms with Crippen molar-refractivity contribution in [1.29, 1.82) is 0 Å². The summed E-state index contributed by atoms with van der Waals surface area (Å²) in [6, 6.07) is 7.19. The van der Waals surface area contributed by atoms with E-state index >= 15 is 0 Å². The second-order valence-electron chi connectivity index (χ2n) is 6.21. The first kappa shape index (κ1) is 18.1. The Bertz CT molecular complexity index is 565. The molecule has 24 heavy (non-hydrogen) atoms. The van der Waals surface area contributed by atoms with E-state index in [1.165, 1.54) is 0 Å². The Labute approximate surface area is 143 Å². The highest BCUT2D eigenvalue weighted by Gasteiger charge is 2.41. The van der Waals surface area contributed by atoms with Crippen LogP contribution in [0.4, 0.5) is 4.79 Å². The Balaban J connectivity index is 2.01. The maximum Gasteiger partial charge on any atom is 0.316 e. The van der Waals surface area contributed by atoms with Crippen LogP contribution in [-0.4, -0.2) is 24.1 Å². The second kappa shape index (κ2) is 8.04. The summed E-state index contributed by atoms with van der Waals surface area (Å²) >= 11 is 0. The SMILES string of the molecule is CCOc1ccc([C@@H](CC)NC(=O)NC2(C(N)=O)CCCC2)cc1. The molecule has 6 heteroatoms. The monoisotopic (exact) mass is 333 g/mol. The van der Waals surface area contributed by atoms with Crippen molar-refractivity contribution in [2.45, 2.75) is 57.5 Å². The van der Waals surface area contributed by atoms with Gasteiger partial charge in [0, 0.05) is 0 Å². The van der Waals surface area contributed by atoms with Gasteiger partial charge >= 0.3 is 6.03 Å². The minimum Gasteiger partial charge on any atom is -0.494 e. The van der Waals surface area contributed by atoms with Gasteiger partial charge in [0.15, 0.2) is 0 Å². The molecule has 0 radical (unpaired) electrons. The fraction of sp³-hybridized carbons (Fsp3) is 0.556. The van der Waals surface area contributed by atoms with Crippen molar-refractivity contribution in [2.75, 3.05) is 6.61 Å². The number of carbonyl (C=O) groups excluding carboxylic acids is 2. The predicted molar refractivity (Wildman–Crippen MR) is 92.7 cm³/mol. The first-order valence-electron chi connectivity index (χ1n) is 8.62. The summed E-state index contributed by atoms with van der Waals surface area (Å²) in [7, 11) is 0. The molecule has 1 aliphatic carbocycles. The first-order valence-corrected chi connectivity index (χ1v) is 8.62. The molecule has 0 unspecified atom stereocenters. The predicted octanol–water partition coefficient (Wildman–Crippen LogP) is 2.63. The Kier molecular flexibility index (Phi) is 6.06. The van der Waals surface area contributed by atoms with Gasteiger partial charge in [-0.2, -0.15) is 0 Å². The minimum absolute atomic E-state index is 0.132. The number of amides is 3. The lowest BCUT2D eigenvalue weighted by molar-refractivity contribution is -0.123. The Morgan fingerprint density at radius 2 is 1.83 bits per heavy atom. The average Bonchev–Trinajstić information content (AvgIpc) is 3.03. The average molecular weight is 333 g/mol. The topological polar surface area (TPSA) is 93.4 Å². The van der Waals surface area contributed by atoms with Gasteiger partial charge in [0.2, 0.25) is 5.91 Å². The smallest absolute Gasteiger partial charge is 0.316 e. The zero-order valence-corrected chi connectivity index (χ0v) is 14.4. The molecule has 3 amide bonds. The number of primary amides is 1. The van der Waals surface area contributed by atoms with Gasteiger partial charge in [-0.1, -0.05) is 31.9 Å². The van der Waals surface area contributed by atoms with E-state index in [0.29, 0.717) is 19.4 Å². The van der Waals surface area contributed by atoms with E-state index in [4.69, 9.17) is 10.5 Å². The molecule has 0 aliphatic heterocycles. The van der Waals surface area contributed by atoms with Crippen LogP contribution in [0.25, 0.3) is 0 Å². The van der Waals surface area contributed by atoms with E-state index in [9.17, 15) is 9.59 Å². The van der Waals surface area contributed by atoms with Crippen LogP contribution in [0.15, 0.2) is 24.3 Å². The van der Waals surface area contributed by atoms with Gasteiger partial charge in [-0.15, -0.1) is 0 Å². The quantitative estimate of drug-likeness (QED) is 0.716. The largest absolute Gasteiger partial charge is 0.494 e. The van der Waals surface area contributed by atoms with Gasteiger partial charge in [0.25, 0.3) is 0 Å². The molecule has 132 valence electrons. The van der Waals surface area contributed by atoms with Crippen LogP contribution >= 0.6 is 0 Å². The molecule has 1 atom stereocenters. The lowest BCUT2D eigenvalue weighted by Crippen LogP contribution is -2.58. The van der Waals surface area contributed by atoms with Crippen molar-refractivity contribution in [3.8, 4) is 5.75 Å². The van der Waals surface area contributed by atoms with E-state index in [1.807, 2.05) is 38.1 Å². The van der Waals surface area contributed by atoms with Crippen molar-refractivity contribution >= 4 is 11.9 Å². The third-order valence-electron chi connectivity index (χ3n) is 4.59. The summed E-state index contributed by atoms with van der Waals surface area (Å²) in [6.45, 7) is 4.56. The summed E-state index contributed by atoms with van der Waals surface area (Å²) in [5.41, 5.74) is 5.60. The van der Waals surface area contributed by atoms with Gasteiger partial charge in [-0.25, -0.2) is 4.79 Å². The summed E-state index contributed by atoms with van der Waals surface area (Å²) in [5.74, 6) is 0.350. The number of rotatable bonds is 7. The third kappa shape index (κ3) is 4.19. The van der Waals surface area contributed by atoms with Crippen molar-refractivity contribution in [3.63, 3.8) is 0 Å². The molecule has 0 spiro atoms. The van der Waals surface area contributed by atoms with Crippen LogP contribution in [0, 0.1) is 0 Å². The highest BCUT2D eigenvalue weighted by atomic mass is 16.5. The maximum absolute atomic E-state index is 12.4. The molecule has 0 saturated heterocycles. The van der Waals surface area contributed by atoms with E-state index in [2.05, 4.69) is 10.6 Å². The molecule has 6 nitrogen and oxygen atoms in total. The van der Waals surface area contributed by atoms with Crippen LogP contribution in [0.1, 0.15) is 57.6 Å². The zero-order chi connectivity index (χ0) is 17.6. The van der Waals surface area contributed by atoms with Crippen LogP contribution in [-0.2, 0) is 4.79 Å². The normalized spacial score (nSPS) is 17.1. The highest BCUT2D eigenvalue weighted by molar-refractivity contribution is 5.90. The summed E-state index contributed by atoms with van der Waals surface area (Å²) in [4.78, 5) is 24.1. The highest BCUT2D eigenvalue weighted by Crippen LogP contribution is 2.29. The van der Waals surface area contributed by atoms with Crippen LogP contribution in [0.5, 0.6) is 5.75 Å². The van der Waals surface area contributed by atoms with Gasteiger partial charge in [-0.3, -0.25) is 4.79 Å². The fourth-order valence-corrected chi connectivity index (χ4v) is 3.21. The molecule has 1 aromatic carbocycles. The zero-order valence-electron chi connectivity index (χ0n) is 14.4. The lowest BCUT2D eigenvalue weighted by atomic mass is 9.97. The number of ether oxygens (including phenoxy) is 1. The number of urea groups is 1. The van der Waals surface area contributed by atoms with E-state index in [-0.39, 0.29) is 12.1 Å². The Morgan fingerprint density at radius 3 is 2.33 bits per heavy atom. The van der Waals surface area contributed by atoms with Gasteiger partial charge in [0.05, 0.1) is 12.6 Å². The fourth-order valence-electron chi connectivity index (χ4n) is 3.21. The van der Waals surface area contributed by atoms with E-state index < -0.39 is 11.4 Å². The molecule has 1 saturated carbocycles. The van der Waals surface area contributed by atoms with E-state index in [0.717, 1.165) is 30.6 Å². The van der Waals surface area contributed by atoms with Crippen molar-refractivity contribution in [2.24, 2.45) is 5.73 Å². The van der Waals surface area contributed by atoms with Gasteiger partial charge in [0.1, 0.15) is 11.3 Å². The van der Waals surface area contributed by atoms with Crippen LogP contribution < -0.4 is 21.1 Å². The third-order valence-corrected chi connectivity index (χ3v) is 4.59. The summed E-state index contributed by atoms with van der Waals surface area (Å²) in [5, 5.41) is 5.75. The summed E-state index contributed by atoms with van der Waals surface area (Å²) < 4.78 is 5.43. The van der Waals surface area contributed by atoms with Crippen molar-refractivity contribution in [3.05, 3.63) is 29.8 Å². The molecule has 1 aromatic rings. The van der Waals surface area contributed by atoms with Crippen molar-refractivity contribution in [1.82, 2.24) is 10.6 Å². The molecule has 1 aliphatic rings. The number of carbonyl (C=O) groups is 2. The minimum atomic E-state index is -0.902. The Morgan fingerprint density at radius 1 is 1.21 bits per heavy atom. The maximum atomic E-state index is 12.4. The van der Waals surface area contributed by atoms with E-state index in [1.54, 1.807) is 0 Å². The number of hydrogen-bond acceptors (Lipinski definition) is 3. The molecule has 1 fully saturated rings. The molecule has 0 bridgehead atoms. The lowest BCUT2D eigenvalue weighted by Gasteiger charge is -2.28. The molecule has 0 heterocycles. The number of nitrogens with one attached hydrogen (secondary N) is 2. The number of benzene rings is 1. The molecular formula is C18H27N3O3. The second-order valence-corrected chi connectivity index (χ2v) is 6.21. The Hall–Kier alpha value is -2.24.